The Morgan fingerprint density at radius 2 is 1.79 bits per heavy atom. The summed E-state index contributed by atoms with van der Waals surface area (Å²) < 4.78 is 30.6. The number of aryl methyl sites for hydroxylation is 4. The van der Waals surface area contributed by atoms with Crippen molar-refractivity contribution < 1.29 is 13.2 Å². The van der Waals surface area contributed by atoms with E-state index in [4.69, 9.17) is 0 Å². The van der Waals surface area contributed by atoms with Crippen LogP contribution in [-0.4, -0.2) is 47.8 Å². The number of rotatable bonds is 11. The number of nitrogens with zero attached hydrogens (tertiary/aromatic N) is 3. The van der Waals surface area contributed by atoms with E-state index in [9.17, 15) is 13.2 Å². The van der Waals surface area contributed by atoms with Crippen LogP contribution in [0.3, 0.4) is 0 Å². The average molecular weight is 469 g/mol. The van der Waals surface area contributed by atoms with Crippen LogP contribution < -0.4 is 5.32 Å². The second-order valence-electron chi connectivity index (χ2n) is 8.31. The lowest BCUT2D eigenvalue weighted by Gasteiger charge is -2.24. The van der Waals surface area contributed by atoms with Crippen LogP contribution in [0.2, 0.25) is 0 Å². The number of hydrogen-bond acceptors (Lipinski definition) is 4. The minimum Gasteiger partial charge on any atom is -0.355 e. The smallest absolute Gasteiger partial charge is 0.244 e. The molecule has 0 aliphatic carbocycles. The predicted molar refractivity (Wildman–Crippen MR) is 129 cm³/mol. The highest BCUT2D eigenvalue weighted by atomic mass is 32.2. The van der Waals surface area contributed by atoms with Crippen molar-refractivity contribution in [2.45, 2.75) is 45.1 Å². The van der Waals surface area contributed by atoms with Gasteiger partial charge in [0.15, 0.2) is 0 Å². The molecule has 7 nitrogen and oxygen atoms in total. The molecule has 1 aromatic heterocycles. The van der Waals surface area contributed by atoms with E-state index < -0.39 is 10.0 Å². The predicted octanol–water partition coefficient (Wildman–Crippen LogP) is 3.25. The van der Waals surface area contributed by atoms with Gasteiger partial charge in [0.05, 0.1) is 17.8 Å². The number of nitrogens with one attached hydrogen (secondary N) is 1. The van der Waals surface area contributed by atoms with Crippen LogP contribution in [0.1, 0.15) is 28.7 Å². The number of benzene rings is 2. The van der Waals surface area contributed by atoms with Crippen LogP contribution in [-0.2, 0) is 27.8 Å². The fraction of sp³-hybridized carbons (Fsp3) is 0.360. The van der Waals surface area contributed by atoms with Crippen LogP contribution in [0.5, 0.6) is 0 Å². The van der Waals surface area contributed by atoms with Crippen LogP contribution in [0.15, 0.2) is 66.1 Å². The lowest BCUT2D eigenvalue weighted by atomic mass is 10.1. The molecule has 0 atom stereocenters. The van der Waals surface area contributed by atoms with Gasteiger partial charge in [0.1, 0.15) is 0 Å². The molecule has 176 valence electrons. The largest absolute Gasteiger partial charge is 0.355 e. The summed E-state index contributed by atoms with van der Waals surface area (Å²) in [6, 6.07) is 13.4. The Labute approximate surface area is 196 Å². The molecule has 0 aliphatic heterocycles. The summed E-state index contributed by atoms with van der Waals surface area (Å²) in [5, 5.41) is 2.86. The van der Waals surface area contributed by atoms with Gasteiger partial charge in [-0.05, 0) is 50.3 Å². The first-order valence-corrected chi connectivity index (χ1v) is 12.6. The van der Waals surface area contributed by atoms with E-state index in [2.05, 4.69) is 10.3 Å². The molecule has 0 radical (unpaired) electrons. The topological polar surface area (TPSA) is 84.3 Å². The third kappa shape index (κ3) is 6.76. The van der Waals surface area contributed by atoms with Crippen molar-refractivity contribution in [2.75, 3.05) is 19.6 Å². The monoisotopic (exact) mass is 468 g/mol. The minimum atomic E-state index is -3.85. The normalized spacial score (nSPS) is 11.6. The van der Waals surface area contributed by atoms with Gasteiger partial charge in [-0.3, -0.25) is 4.79 Å². The van der Waals surface area contributed by atoms with Crippen LogP contribution in [0.4, 0.5) is 0 Å². The molecule has 1 heterocycles. The summed E-state index contributed by atoms with van der Waals surface area (Å²) in [6.07, 6.45) is 6.56. The first-order valence-electron chi connectivity index (χ1n) is 11.1. The second kappa shape index (κ2) is 11.2. The number of amides is 1. The minimum absolute atomic E-state index is 0.215. The zero-order valence-corrected chi connectivity index (χ0v) is 20.3. The maximum atomic E-state index is 13.7. The Balaban J connectivity index is 1.73. The average Bonchev–Trinajstić information content (AvgIpc) is 3.27. The van der Waals surface area contributed by atoms with Gasteiger partial charge in [0, 0.05) is 32.0 Å². The molecular weight excluding hydrogens is 436 g/mol. The molecule has 0 saturated carbocycles. The van der Waals surface area contributed by atoms with Crippen molar-refractivity contribution in [3.05, 3.63) is 83.4 Å². The summed E-state index contributed by atoms with van der Waals surface area (Å²) in [6.45, 7) is 6.76. The molecule has 3 rings (SSSR count). The number of carbonyl (C=O) groups excluding carboxylic acids is 1. The number of sulfonamides is 1. The molecule has 33 heavy (non-hydrogen) atoms. The van der Waals surface area contributed by atoms with Crippen molar-refractivity contribution >= 4 is 15.9 Å². The Kier molecular flexibility index (Phi) is 8.41. The van der Waals surface area contributed by atoms with Gasteiger partial charge in [0.2, 0.25) is 15.9 Å². The number of hydrogen-bond donors (Lipinski definition) is 1. The van der Waals surface area contributed by atoms with Crippen molar-refractivity contribution in [1.82, 2.24) is 19.2 Å². The molecule has 8 heteroatoms. The maximum absolute atomic E-state index is 13.7. The van der Waals surface area contributed by atoms with E-state index in [1.165, 1.54) is 4.31 Å². The van der Waals surface area contributed by atoms with Gasteiger partial charge >= 0.3 is 0 Å². The zero-order chi connectivity index (χ0) is 23.8. The SMILES string of the molecule is Cc1cc(C)c(S(=O)(=O)N(CCc2ccccc2)CC(=O)NCCCn2ccnc2)c(C)c1. The third-order valence-corrected chi connectivity index (χ3v) is 7.64. The molecule has 1 amide bonds. The first-order chi connectivity index (χ1) is 15.8. The molecule has 3 aromatic rings. The van der Waals surface area contributed by atoms with E-state index in [1.54, 1.807) is 26.4 Å². The highest BCUT2D eigenvalue weighted by molar-refractivity contribution is 7.89. The second-order valence-corrected chi connectivity index (χ2v) is 10.2. The van der Waals surface area contributed by atoms with Crippen molar-refractivity contribution in [3.8, 4) is 0 Å². The fourth-order valence-electron chi connectivity index (χ4n) is 4.01. The lowest BCUT2D eigenvalue weighted by Crippen LogP contribution is -2.42. The molecule has 2 aromatic carbocycles. The number of aromatic nitrogens is 2. The lowest BCUT2D eigenvalue weighted by molar-refractivity contribution is -0.121. The van der Waals surface area contributed by atoms with Gasteiger partial charge in [-0.15, -0.1) is 0 Å². The molecule has 1 N–H and O–H groups in total. The molecular formula is C25H32N4O3S. The Morgan fingerprint density at radius 3 is 2.42 bits per heavy atom. The van der Waals surface area contributed by atoms with Crippen LogP contribution >= 0.6 is 0 Å². The van der Waals surface area contributed by atoms with E-state index >= 15 is 0 Å². The van der Waals surface area contributed by atoms with Gasteiger partial charge in [0.25, 0.3) is 0 Å². The summed E-state index contributed by atoms with van der Waals surface area (Å²) in [7, 11) is -3.85. The fourth-order valence-corrected chi connectivity index (χ4v) is 5.82. The van der Waals surface area contributed by atoms with Crippen molar-refractivity contribution in [3.63, 3.8) is 0 Å². The van der Waals surface area contributed by atoms with E-state index in [1.807, 2.05) is 60.2 Å². The summed E-state index contributed by atoms with van der Waals surface area (Å²) in [5.74, 6) is -0.306. The van der Waals surface area contributed by atoms with Gasteiger partial charge in [-0.1, -0.05) is 48.0 Å². The van der Waals surface area contributed by atoms with E-state index in [0.717, 1.165) is 24.1 Å². The zero-order valence-electron chi connectivity index (χ0n) is 19.5. The molecule has 0 bridgehead atoms. The van der Waals surface area contributed by atoms with Gasteiger partial charge in [-0.2, -0.15) is 4.31 Å². The first kappa shape index (κ1) is 24.7. The summed E-state index contributed by atoms with van der Waals surface area (Å²) in [5.41, 5.74) is 3.42. The highest BCUT2D eigenvalue weighted by Gasteiger charge is 2.29. The third-order valence-electron chi connectivity index (χ3n) is 5.49. The number of imidazole rings is 1. The van der Waals surface area contributed by atoms with Gasteiger partial charge < -0.3 is 9.88 Å². The Hall–Kier alpha value is -2.97. The Morgan fingerprint density at radius 1 is 1.09 bits per heavy atom. The molecule has 0 unspecified atom stereocenters. The molecule has 0 saturated heterocycles. The molecule has 0 spiro atoms. The van der Waals surface area contributed by atoms with Gasteiger partial charge in [-0.25, -0.2) is 13.4 Å². The maximum Gasteiger partial charge on any atom is 0.244 e. The van der Waals surface area contributed by atoms with Crippen molar-refractivity contribution in [1.29, 1.82) is 0 Å². The highest BCUT2D eigenvalue weighted by Crippen LogP contribution is 2.25. The summed E-state index contributed by atoms with van der Waals surface area (Å²) in [4.78, 5) is 17.0. The molecule has 0 aliphatic rings. The molecule has 0 fully saturated rings. The van der Waals surface area contributed by atoms with E-state index in [-0.39, 0.29) is 23.9 Å². The van der Waals surface area contributed by atoms with Crippen LogP contribution in [0.25, 0.3) is 0 Å². The van der Waals surface area contributed by atoms with E-state index in [0.29, 0.717) is 24.1 Å². The van der Waals surface area contributed by atoms with Crippen LogP contribution in [0, 0.1) is 20.8 Å². The Bertz CT molecular complexity index is 1140. The van der Waals surface area contributed by atoms with Crippen molar-refractivity contribution in [2.24, 2.45) is 0 Å². The quantitative estimate of drug-likeness (QED) is 0.438. The number of carbonyl (C=O) groups is 1. The summed E-state index contributed by atoms with van der Waals surface area (Å²) >= 11 is 0. The standard InChI is InChI=1S/C25H32N4O3S/c1-20-16-21(2)25(22(3)17-20)33(31,32)29(14-10-23-8-5-4-6-9-23)18-24(30)27-11-7-13-28-15-12-26-19-28/h4-6,8-9,12,15-17,19H,7,10-11,13-14,18H2,1-3H3,(H,27,30).